The summed E-state index contributed by atoms with van der Waals surface area (Å²) in [5.74, 6) is -1.19. The molecule has 0 saturated carbocycles. The minimum atomic E-state index is -4.65. The van der Waals surface area contributed by atoms with Crippen LogP contribution in [-0.2, 0) is 17.5 Å². The van der Waals surface area contributed by atoms with Gasteiger partial charge in [0.25, 0.3) is 0 Å². The van der Waals surface area contributed by atoms with E-state index in [-0.39, 0.29) is 17.9 Å². The van der Waals surface area contributed by atoms with E-state index in [4.69, 9.17) is 9.84 Å². The van der Waals surface area contributed by atoms with Crippen LogP contribution in [-0.4, -0.2) is 53.3 Å². The van der Waals surface area contributed by atoms with Crippen LogP contribution in [0.1, 0.15) is 27.2 Å². The van der Waals surface area contributed by atoms with Crippen molar-refractivity contribution in [2.75, 3.05) is 31.2 Å². The number of nitrogens with zero attached hydrogens (tertiary/aromatic N) is 3. The molecule has 0 atom stereocenters. The maximum atomic E-state index is 13.2. The number of anilines is 1. The third-order valence-corrected chi connectivity index (χ3v) is 4.67. The van der Waals surface area contributed by atoms with Crippen LogP contribution in [0.3, 0.4) is 0 Å². The number of aromatic nitrogens is 1. The highest BCUT2D eigenvalue weighted by atomic mass is 19.4. The third kappa shape index (κ3) is 4.88. The minimum absolute atomic E-state index is 0.0642. The number of alkyl halides is 3. The van der Waals surface area contributed by atoms with E-state index in [1.165, 1.54) is 40.1 Å². The Hall–Kier alpha value is -3.14. The van der Waals surface area contributed by atoms with Crippen molar-refractivity contribution in [3.05, 3.63) is 58.8 Å². The summed E-state index contributed by atoms with van der Waals surface area (Å²) in [5.41, 5.74) is -0.0609. The van der Waals surface area contributed by atoms with Crippen LogP contribution in [0.25, 0.3) is 0 Å². The van der Waals surface area contributed by atoms with E-state index < -0.39 is 23.9 Å². The molecular weight excluding hydrogens is 403 g/mol. The fourth-order valence-electron chi connectivity index (χ4n) is 3.04. The van der Waals surface area contributed by atoms with E-state index in [1.807, 2.05) is 0 Å². The van der Waals surface area contributed by atoms with Crippen molar-refractivity contribution in [3.63, 3.8) is 0 Å². The van der Waals surface area contributed by atoms with Crippen molar-refractivity contribution in [2.24, 2.45) is 0 Å². The van der Waals surface area contributed by atoms with E-state index in [0.29, 0.717) is 37.4 Å². The molecule has 2 heterocycles. The van der Waals surface area contributed by atoms with Gasteiger partial charge in [0.15, 0.2) is 0 Å². The van der Waals surface area contributed by atoms with Crippen LogP contribution in [0.15, 0.2) is 36.4 Å². The lowest BCUT2D eigenvalue weighted by molar-refractivity contribution is -0.141. The van der Waals surface area contributed by atoms with Gasteiger partial charge in [0.05, 0.1) is 25.3 Å². The molecule has 1 aromatic carbocycles. The first-order chi connectivity index (χ1) is 14.2. The summed E-state index contributed by atoms with van der Waals surface area (Å²) in [4.78, 5) is 30.6. The number of pyridine rings is 1. The highest BCUT2D eigenvalue weighted by Crippen LogP contribution is 2.31. The van der Waals surface area contributed by atoms with Gasteiger partial charge in [-0.1, -0.05) is 18.2 Å². The molecule has 0 radical (unpaired) electrons. The lowest BCUT2D eigenvalue weighted by atomic mass is 10.1. The number of carbonyl (C=O) groups is 2. The number of amides is 2. The van der Waals surface area contributed by atoms with Crippen LogP contribution in [0.2, 0.25) is 0 Å². The molecule has 1 aromatic heterocycles. The Kier molecular flexibility index (Phi) is 6.25. The number of carboxylic acids is 1. The molecule has 1 saturated heterocycles. The van der Waals surface area contributed by atoms with Crippen molar-refractivity contribution in [1.82, 2.24) is 9.88 Å². The van der Waals surface area contributed by atoms with Crippen LogP contribution >= 0.6 is 0 Å². The molecule has 1 N–H and O–H groups in total. The number of aromatic carboxylic acids is 1. The number of halogens is 3. The fraction of sp³-hybridized carbons (Fsp3) is 0.350. The number of hydrogen-bond acceptors (Lipinski definition) is 4. The van der Waals surface area contributed by atoms with Crippen LogP contribution in [0, 0.1) is 6.92 Å². The first-order valence-electron chi connectivity index (χ1n) is 9.18. The average Bonchev–Trinajstić information content (AvgIpc) is 2.72. The van der Waals surface area contributed by atoms with Crippen molar-refractivity contribution in [1.29, 1.82) is 0 Å². The monoisotopic (exact) mass is 423 g/mol. The van der Waals surface area contributed by atoms with Crippen LogP contribution in [0.5, 0.6) is 0 Å². The van der Waals surface area contributed by atoms with Crippen molar-refractivity contribution in [3.8, 4) is 0 Å². The number of urea groups is 1. The Morgan fingerprint density at radius 3 is 2.33 bits per heavy atom. The maximum Gasteiger partial charge on any atom is 0.433 e. The van der Waals surface area contributed by atoms with E-state index >= 15 is 0 Å². The molecule has 1 aliphatic heterocycles. The van der Waals surface area contributed by atoms with Gasteiger partial charge in [0, 0.05) is 13.1 Å². The minimum Gasteiger partial charge on any atom is -0.478 e. The topological polar surface area (TPSA) is 83.0 Å². The first-order valence-corrected chi connectivity index (χ1v) is 9.18. The lowest BCUT2D eigenvalue weighted by Crippen LogP contribution is -2.48. The van der Waals surface area contributed by atoms with Crippen molar-refractivity contribution >= 4 is 17.8 Å². The zero-order valence-electron chi connectivity index (χ0n) is 16.1. The molecule has 10 heteroatoms. The summed E-state index contributed by atoms with van der Waals surface area (Å²) in [6, 6.07) is 7.45. The second-order valence-corrected chi connectivity index (χ2v) is 6.80. The van der Waals surface area contributed by atoms with Crippen LogP contribution < -0.4 is 4.90 Å². The molecule has 2 amide bonds. The first kappa shape index (κ1) is 21.6. The Morgan fingerprint density at radius 2 is 1.77 bits per heavy atom. The molecule has 3 rings (SSSR count). The third-order valence-electron chi connectivity index (χ3n) is 4.67. The molecule has 0 spiro atoms. The summed E-state index contributed by atoms with van der Waals surface area (Å²) < 4.78 is 44.9. The number of ether oxygens (including phenoxy) is 1. The summed E-state index contributed by atoms with van der Waals surface area (Å²) in [5, 5.41) is 9.04. The number of carbonyl (C=O) groups excluding carboxylic acids is 1. The fourth-order valence-corrected chi connectivity index (χ4v) is 3.04. The predicted molar refractivity (Wildman–Crippen MR) is 101 cm³/mol. The van der Waals surface area contributed by atoms with Gasteiger partial charge in [-0.25, -0.2) is 14.6 Å². The van der Waals surface area contributed by atoms with Gasteiger partial charge in [0.2, 0.25) is 0 Å². The van der Waals surface area contributed by atoms with E-state index in [1.54, 1.807) is 6.92 Å². The second kappa shape index (κ2) is 8.70. The summed E-state index contributed by atoms with van der Waals surface area (Å²) in [7, 11) is 0. The zero-order chi connectivity index (χ0) is 21.9. The molecule has 0 unspecified atom stereocenters. The van der Waals surface area contributed by atoms with E-state index in [2.05, 4.69) is 4.98 Å². The SMILES string of the molecule is Cc1ccc(C(F)(F)F)nc1N(Cc1ccc(C(=O)O)cc1)C(=O)N1CCOCC1. The maximum absolute atomic E-state index is 13.2. The van der Waals surface area contributed by atoms with E-state index in [0.717, 1.165) is 6.07 Å². The smallest absolute Gasteiger partial charge is 0.433 e. The quantitative estimate of drug-likeness (QED) is 0.813. The Labute approximate surface area is 170 Å². The number of benzene rings is 1. The summed E-state index contributed by atoms with van der Waals surface area (Å²) in [6.45, 7) is 2.81. The Bertz CT molecular complexity index is 926. The summed E-state index contributed by atoms with van der Waals surface area (Å²) in [6.07, 6.45) is -4.65. The largest absolute Gasteiger partial charge is 0.478 e. The molecule has 1 fully saturated rings. The normalized spacial score (nSPS) is 14.5. The number of rotatable bonds is 4. The van der Waals surface area contributed by atoms with Crippen molar-refractivity contribution in [2.45, 2.75) is 19.6 Å². The molecule has 1 aliphatic rings. The predicted octanol–water partition coefficient (Wildman–Crippen LogP) is 3.57. The van der Waals surface area contributed by atoms with Gasteiger partial charge >= 0.3 is 18.2 Å². The standard InChI is InChI=1S/C20H20F3N3O4/c1-13-2-7-16(20(21,22)23)24-17(13)26(19(29)25-8-10-30-11-9-25)12-14-3-5-15(6-4-14)18(27)28/h2-7H,8-12H2,1H3,(H,27,28). The zero-order valence-corrected chi connectivity index (χ0v) is 16.1. The highest BCUT2D eigenvalue weighted by molar-refractivity contribution is 5.92. The van der Waals surface area contributed by atoms with Gasteiger partial charge < -0.3 is 14.7 Å². The Balaban J connectivity index is 1.99. The molecule has 160 valence electrons. The van der Waals surface area contributed by atoms with Crippen LogP contribution in [0.4, 0.5) is 23.8 Å². The molecule has 2 aromatic rings. The van der Waals surface area contributed by atoms with Gasteiger partial charge in [-0.3, -0.25) is 4.90 Å². The highest BCUT2D eigenvalue weighted by Gasteiger charge is 2.34. The summed E-state index contributed by atoms with van der Waals surface area (Å²) >= 11 is 0. The second-order valence-electron chi connectivity index (χ2n) is 6.80. The van der Waals surface area contributed by atoms with Crippen molar-refractivity contribution < 1.29 is 32.6 Å². The van der Waals surface area contributed by atoms with Gasteiger partial charge in [0.1, 0.15) is 11.5 Å². The molecule has 30 heavy (non-hydrogen) atoms. The molecule has 0 bridgehead atoms. The Morgan fingerprint density at radius 1 is 1.13 bits per heavy atom. The lowest BCUT2D eigenvalue weighted by Gasteiger charge is -2.33. The number of morpholine rings is 1. The molecule has 7 nitrogen and oxygen atoms in total. The number of carboxylic acid groups (broad SMARTS) is 1. The average molecular weight is 423 g/mol. The van der Waals surface area contributed by atoms with Gasteiger partial charge in [-0.2, -0.15) is 13.2 Å². The number of hydrogen-bond donors (Lipinski definition) is 1. The molecular formula is C20H20F3N3O4. The molecule has 0 aliphatic carbocycles. The van der Waals surface area contributed by atoms with Gasteiger partial charge in [-0.15, -0.1) is 0 Å². The number of aryl methyl sites for hydroxylation is 1. The van der Waals surface area contributed by atoms with E-state index in [9.17, 15) is 22.8 Å². The van der Waals surface area contributed by atoms with Gasteiger partial charge in [-0.05, 0) is 36.2 Å².